The first kappa shape index (κ1) is 19.6. The molecule has 0 saturated carbocycles. The zero-order chi connectivity index (χ0) is 19.3. The molecule has 2 aromatic rings. The van der Waals surface area contributed by atoms with Gasteiger partial charge in [0.05, 0.1) is 0 Å². The maximum atomic E-state index is 13.4. The van der Waals surface area contributed by atoms with Gasteiger partial charge in [-0.1, -0.05) is 29.8 Å². The van der Waals surface area contributed by atoms with Crippen LogP contribution < -0.4 is 4.74 Å². The average molecular weight is 368 g/mol. The zero-order valence-electron chi connectivity index (χ0n) is 14.0. The molecule has 0 radical (unpaired) electrons. The molecule has 0 N–H and O–H groups in total. The fourth-order valence-corrected chi connectivity index (χ4v) is 2.20. The van der Waals surface area contributed by atoms with Crippen molar-refractivity contribution in [3.05, 3.63) is 64.7 Å². The number of benzene rings is 2. The normalized spacial score (nSPS) is 10.7. The van der Waals surface area contributed by atoms with Crippen LogP contribution in [0.25, 0.3) is 0 Å². The molecule has 2 aromatic carbocycles. The molecule has 0 spiro atoms. The smallest absolute Gasteiger partial charge is 0.203 e. The molecular weight excluding hydrogens is 352 g/mol. The van der Waals surface area contributed by atoms with Crippen molar-refractivity contribution in [1.82, 2.24) is 0 Å². The summed E-state index contributed by atoms with van der Waals surface area (Å²) < 4.78 is 57.5. The highest BCUT2D eigenvalue weighted by molar-refractivity contribution is 5.87. The summed E-state index contributed by atoms with van der Waals surface area (Å²) in [7, 11) is 0. The van der Waals surface area contributed by atoms with Crippen LogP contribution in [0.15, 0.2) is 30.3 Å². The second-order valence-electron chi connectivity index (χ2n) is 5.83. The topological polar surface area (TPSA) is 43.4 Å². The lowest BCUT2D eigenvalue weighted by molar-refractivity contribution is -0.125. The summed E-state index contributed by atoms with van der Waals surface area (Å²) in [4.78, 5) is 23.6. The van der Waals surface area contributed by atoms with Crippen LogP contribution in [0.3, 0.4) is 0 Å². The van der Waals surface area contributed by atoms with Crippen molar-refractivity contribution in [2.75, 3.05) is 6.61 Å². The molecule has 0 saturated heterocycles. The zero-order valence-corrected chi connectivity index (χ0v) is 14.0. The molecule has 138 valence electrons. The number of carbonyl (C=O) groups excluding carboxylic acids is 2. The Kier molecular flexibility index (Phi) is 6.49. The van der Waals surface area contributed by atoms with E-state index in [-0.39, 0.29) is 31.1 Å². The number of aryl methyl sites for hydroxylation is 1. The summed E-state index contributed by atoms with van der Waals surface area (Å²) in [6.07, 6.45) is -0.114. The number of rotatable bonds is 8. The number of ether oxygens (including phenoxy) is 1. The van der Waals surface area contributed by atoms with Crippen LogP contribution in [0.5, 0.6) is 5.75 Å². The van der Waals surface area contributed by atoms with E-state index in [1.165, 1.54) is 0 Å². The number of carbonyl (C=O) groups is 2. The van der Waals surface area contributed by atoms with Crippen LogP contribution in [-0.4, -0.2) is 18.2 Å². The molecule has 0 amide bonds. The molecule has 0 aromatic heterocycles. The van der Waals surface area contributed by atoms with Gasteiger partial charge in [0.2, 0.25) is 11.6 Å². The van der Waals surface area contributed by atoms with E-state index in [1.54, 1.807) is 0 Å². The summed E-state index contributed by atoms with van der Waals surface area (Å²) in [5, 5.41) is 0. The van der Waals surface area contributed by atoms with Crippen molar-refractivity contribution in [3.63, 3.8) is 0 Å². The fraction of sp³-hybridized carbons (Fsp3) is 0.263. The molecule has 0 bridgehead atoms. The van der Waals surface area contributed by atoms with Gasteiger partial charge in [-0.2, -0.15) is 8.78 Å². The fourth-order valence-electron chi connectivity index (χ4n) is 2.20. The third kappa shape index (κ3) is 5.15. The van der Waals surface area contributed by atoms with Crippen molar-refractivity contribution < 1.29 is 31.9 Å². The van der Waals surface area contributed by atoms with E-state index in [4.69, 9.17) is 0 Å². The van der Waals surface area contributed by atoms with Crippen LogP contribution in [0.4, 0.5) is 17.6 Å². The Morgan fingerprint density at radius 1 is 0.885 bits per heavy atom. The van der Waals surface area contributed by atoms with Crippen molar-refractivity contribution in [2.45, 2.75) is 26.2 Å². The van der Waals surface area contributed by atoms with Gasteiger partial charge < -0.3 is 4.74 Å². The van der Waals surface area contributed by atoms with Gasteiger partial charge in [0.1, 0.15) is 12.4 Å². The molecule has 7 heteroatoms. The van der Waals surface area contributed by atoms with Gasteiger partial charge in [0.25, 0.3) is 0 Å². The Balaban J connectivity index is 1.84. The summed E-state index contributed by atoms with van der Waals surface area (Å²) in [6, 6.07) is 7.39. The average Bonchev–Trinajstić information content (AvgIpc) is 2.60. The second-order valence-corrected chi connectivity index (χ2v) is 5.83. The van der Waals surface area contributed by atoms with Gasteiger partial charge in [-0.15, -0.1) is 0 Å². The number of hydrogen-bond donors (Lipinski definition) is 0. The molecule has 0 aliphatic rings. The minimum Gasteiger partial charge on any atom is -0.480 e. The first-order chi connectivity index (χ1) is 12.3. The Bertz CT molecular complexity index is 790. The standard InChI is InChI=1S/C19H16F4O3/c1-11-2-4-12(5-3-11)8-13(24)6-7-14(25)10-26-19-17(22)15(20)9-16(21)18(19)23/h2-5,9H,6-8,10H2,1H3. The third-order valence-corrected chi connectivity index (χ3v) is 3.65. The minimum absolute atomic E-state index is 0.0447. The van der Waals surface area contributed by atoms with Gasteiger partial charge in [0, 0.05) is 25.3 Å². The van der Waals surface area contributed by atoms with E-state index in [2.05, 4.69) is 4.74 Å². The Hall–Kier alpha value is -2.70. The van der Waals surface area contributed by atoms with Gasteiger partial charge in [-0.25, -0.2) is 8.78 Å². The van der Waals surface area contributed by atoms with E-state index in [0.717, 1.165) is 11.1 Å². The molecule has 0 aliphatic carbocycles. The van der Waals surface area contributed by atoms with E-state index in [1.807, 2.05) is 31.2 Å². The molecule has 0 atom stereocenters. The molecule has 0 fully saturated rings. The summed E-state index contributed by atoms with van der Waals surface area (Å²) in [5.74, 6) is -8.78. The van der Waals surface area contributed by atoms with Crippen molar-refractivity contribution >= 4 is 11.6 Å². The lowest BCUT2D eigenvalue weighted by atomic mass is 10.0. The largest absolute Gasteiger partial charge is 0.480 e. The van der Waals surface area contributed by atoms with Gasteiger partial charge >= 0.3 is 0 Å². The van der Waals surface area contributed by atoms with Gasteiger partial charge in [-0.05, 0) is 12.5 Å². The molecule has 3 nitrogen and oxygen atoms in total. The Morgan fingerprint density at radius 2 is 1.42 bits per heavy atom. The third-order valence-electron chi connectivity index (χ3n) is 3.65. The maximum absolute atomic E-state index is 13.4. The van der Waals surface area contributed by atoms with Crippen LogP contribution in [0.2, 0.25) is 0 Å². The van der Waals surface area contributed by atoms with Gasteiger partial charge in [0.15, 0.2) is 23.2 Å². The Morgan fingerprint density at radius 3 is 2.00 bits per heavy atom. The number of ketones is 2. The molecule has 26 heavy (non-hydrogen) atoms. The molecule has 0 aliphatic heterocycles. The van der Waals surface area contributed by atoms with Crippen LogP contribution in [0, 0.1) is 30.2 Å². The lowest BCUT2D eigenvalue weighted by Crippen LogP contribution is -2.15. The summed E-state index contributed by atoms with van der Waals surface area (Å²) >= 11 is 0. The summed E-state index contributed by atoms with van der Waals surface area (Å²) in [6.45, 7) is 1.12. The SMILES string of the molecule is Cc1ccc(CC(=O)CCC(=O)COc2c(F)c(F)cc(F)c2F)cc1. The monoisotopic (exact) mass is 368 g/mol. The van der Waals surface area contributed by atoms with Crippen LogP contribution in [-0.2, 0) is 16.0 Å². The lowest BCUT2D eigenvalue weighted by Gasteiger charge is -2.09. The van der Waals surface area contributed by atoms with E-state index in [0.29, 0.717) is 0 Å². The van der Waals surface area contributed by atoms with Crippen molar-refractivity contribution in [3.8, 4) is 5.75 Å². The quantitative estimate of drug-likeness (QED) is 0.521. The highest BCUT2D eigenvalue weighted by Crippen LogP contribution is 2.26. The van der Waals surface area contributed by atoms with Crippen LogP contribution >= 0.6 is 0 Å². The predicted octanol–water partition coefficient (Wildman–Crippen LogP) is 4.09. The van der Waals surface area contributed by atoms with Crippen molar-refractivity contribution in [1.29, 1.82) is 0 Å². The predicted molar refractivity (Wildman–Crippen MR) is 85.9 cm³/mol. The molecular formula is C19H16F4O3. The minimum atomic E-state index is -1.72. The van der Waals surface area contributed by atoms with Crippen LogP contribution in [0.1, 0.15) is 24.0 Å². The first-order valence-electron chi connectivity index (χ1n) is 7.82. The highest BCUT2D eigenvalue weighted by atomic mass is 19.2. The van der Waals surface area contributed by atoms with Gasteiger partial charge in [-0.3, -0.25) is 9.59 Å². The maximum Gasteiger partial charge on any atom is 0.203 e. The van der Waals surface area contributed by atoms with E-state index >= 15 is 0 Å². The number of Topliss-reactive ketones (excluding diaryl/α,β-unsaturated/α-hetero) is 2. The van der Waals surface area contributed by atoms with E-state index < -0.39 is 41.4 Å². The van der Waals surface area contributed by atoms with Crippen molar-refractivity contribution in [2.24, 2.45) is 0 Å². The highest BCUT2D eigenvalue weighted by Gasteiger charge is 2.21. The molecule has 0 heterocycles. The first-order valence-corrected chi connectivity index (χ1v) is 7.82. The summed E-state index contributed by atoms with van der Waals surface area (Å²) in [5.41, 5.74) is 1.87. The Labute approximate surface area is 147 Å². The number of halogens is 4. The molecule has 2 rings (SSSR count). The second kappa shape index (κ2) is 8.60. The molecule has 0 unspecified atom stereocenters. The van der Waals surface area contributed by atoms with E-state index in [9.17, 15) is 27.2 Å². The number of hydrogen-bond acceptors (Lipinski definition) is 3.